The van der Waals surface area contributed by atoms with Gasteiger partial charge in [-0.2, -0.15) is 0 Å². The van der Waals surface area contributed by atoms with Gasteiger partial charge in [-0.1, -0.05) is 58.3 Å². The van der Waals surface area contributed by atoms with Gasteiger partial charge in [0.05, 0.1) is 12.7 Å². The zero-order valence-corrected chi connectivity index (χ0v) is 16.6. The Morgan fingerprint density at radius 2 is 1.50 bits per heavy atom. The summed E-state index contributed by atoms with van der Waals surface area (Å²) in [4.78, 5) is 11.4. The number of hydrogen-bond donors (Lipinski definition) is 0. The summed E-state index contributed by atoms with van der Waals surface area (Å²) in [5, 5.41) is 0.0195. The number of benzene rings is 1. The second-order valence-electron chi connectivity index (χ2n) is 6.16. The molecule has 136 valence electrons. The van der Waals surface area contributed by atoms with Gasteiger partial charge >= 0.3 is 5.97 Å². The molecule has 0 heterocycles. The van der Waals surface area contributed by atoms with E-state index >= 15 is 0 Å². The number of halogens is 1. The Balaban J connectivity index is 2.09. The Kier molecular flexibility index (Phi) is 11.6. The summed E-state index contributed by atoms with van der Waals surface area (Å²) in [5.41, 5.74) is 0.537. The molecular weight excluding hydrogens is 368 g/mol. The summed E-state index contributed by atoms with van der Waals surface area (Å²) < 4.78 is 10.5. The number of ether oxygens (including phenoxy) is 2. The number of hydrogen-bond acceptors (Lipinski definition) is 3. The molecule has 0 bridgehead atoms. The highest BCUT2D eigenvalue weighted by atomic mass is 79.9. The number of esters is 1. The molecule has 1 unspecified atom stereocenters. The third kappa shape index (κ3) is 9.31. The predicted octanol–water partition coefficient (Wildman–Crippen LogP) is 6.49. The van der Waals surface area contributed by atoms with Crippen LogP contribution in [0.5, 0.6) is 5.75 Å². The van der Waals surface area contributed by atoms with Crippen molar-refractivity contribution in [3.63, 3.8) is 0 Å². The van der Waals surface area contributed by atoms with Crippen LogP contribution in [0, 0.1) is 0 Å². The summed E-state index contributed by atoms with van der Waals surface area (Å²) in [5.74, 6) is 0.437. The Bertz CT molecular complexity index is 445. The van der Waals surface area contributed by atoms with Crippen LogP contribution in [0.2, 0.25) is 0 Å². The van der Waals surface area contributed by atoms with Crippen molar-refractivity contribution in [1.29, 1.82) is 0 Å². The SMILES string of the molecule is CCCCCCCCCCCC(Br)Oc1ccc(C(=O)OC)cc1. The van der Waals surface area contributed by atoms with Crippen molar-refractivity contribution in [3.8, 4) is 5.75 Å². The standard InChI is InChI=1S/C20H31BrO3/c1-3-4-5-6-7-8-9-10-11-12-19(21)24-18-15-13-17(14-16-18)20(22)23-2/h13-16,19H,3-12H2,1-2H3. The number of carbonyl (C=O) groups excluding carboxylic acids is 1. The van der Waals surface area contributed by atoms with Gasteiger partial charge in [-0.15, -0.1) is 0 Å². The van der Waals surface area contributed by atoms with Crippen LogP contribution in [0.4, 0.5) is 0 Å². The van der Waals surface area contributed by atoms with E-state index in [4.69, 9.17) is 4.74 Å². The molecule has 0 amide bonds. The molecule has 0 fully saturated rings. The molecule has 4 heteroatoms. The lowest BCUT2D eigenvalue weighted by Crippen LogP contribution is -2.08. The molecule has 0 spiro atoms. The summed E-state index contributed by atoms with van der Waals surface area (Å²) in [7, 11) is 1.38. The van der Waals surface area contributed by atoms with E-state index in [1.807, 2.05) is 0 Å². The maximum absolute atomic E-state index is 11.4. The zero-order valence-electron chi connectivity index (χ0n) is 15.1. The van der Waals surface area contributed by atoms with Gasteiger partial charge in [-0.25, -0.2) is 4.79 Å². The molecule has 0 aliphatic carbocycles. The lowest BCUT2D eigenvalue weighted by Gasteiger charge is -2.13. The molecule has 3 nitrogen and oxygen atoms in total. The fourth-order valence-electron chi connectivity index (χ4n) is 2.61. The molecule has 0 aromatic heterocycles. The van der Waals surface area contributed by atoms with Crippen molar-refractivity contribution in [1.82, 2.24) is 0 Å². The minimum Gasteiger partial charge on any atom is -0.479 e. The number of unbranched alkanes of at least 4 members (excludes halogenated alkanes) is 8. The summed E-state index contributed by atoms with van der Waals surface area (Å²) in [6, 6.07) is 7.05. The van der Waals surface area contributed by atoms with Crippen molar-refractivity contribution in [2.75, 3.05) is 7.11 Å². The van der Waals surface area contributed by atoms with Crippen LogP contribution < -0.4 is 4.74 Å². The highest BCUT2D eigenvalue weighted by Gasteiger charge is 2.08. The molecule has 1 rings (SSSR count). The molecule has 1 aromatic carbocycles. The van der Waals surface area contributed by atoms with E-state index in [1.165, 1.54) is 64.9 Å². The van der Waals surface area contributed by atoms with Gasteiger partial charge < -0.3 is 9.47 Å². The predicted molar refractivity (Wildman–Crippen MR) is 103 cm³/mol. The first kappa shape index (κ1) is 21.0. The van der Waals surface area contributed by atoms with Gasteiger partial charge in [-0.3, -0.25) is 0 Å². The van der Waals surface area contributed by atoms with Crippen LogP contribution in [0.1, 0.15) is 81.5 Å². The monoisotopic (exact) mass is 398 g/mol. The van der Waals surface area contributed by atoms with Crippen molar-refractivity contribution < 1.29 is 14.3 Å². The summed E-state index contributed by atoms with van der Waals surface area (Å²) in [6.45, 7) is 2.26. The van der Waals surface area contributed by atoms with Gasteiger partial charge in [0, 0.05) is 0 Å². The van der Waals surface area contributed by atoms with E-state index in [1.54, 1.807) is 24.3 Å². The van der Waals surface area contributed by atoms with Gasteiger partial charge in [-0.05, 0) is 53.0 Å². The van der Waals surface area contributed by atoms with E-state index in [0.29, 0.717) is 5.56 Å². The average Bonchev–Trinajstić information content (AvgIpc) is 2.60. The fourth-order valence-corrected chi connectivity index (χ4v) is 3.15. The van der Waals surface area contributed by atoms with E-state index in [0.717, 1.165) is 12.2 Å². The second-order valence-corrected chi connectivity index (χ2v) is 7.18. The first-order chi connectivity index (χ1) is 11.7. The van der Waals surface area contributed by atoms with E-state index in [9.17, 15) is 4.79 Å². The van der Waals surface area contributed by atoms with Crippen LogP contribution in [-0.4, -0.2) is 18.1 Å². The molecule has 0 N–H and O–H groups in total. The van der Waals surface area contributed by atoms with E-state index in [-0.39, 0.29) is 11.0 Å². The van der Waals surface area contributed by atoms with Crippen molar-refractivity contribution >= 4 is 21.9 Å². The van der Waals surface area contributed by atoms with Crippen molar-refractivity contribution in [2.24, 2.45) is 0 Å². The van der Waals surface area contributed by atoms with Crippen LogP contribution in [0.15, 0.2) is 24.3 Å². The average molecular weight is 399 g/mol. The normalized spacial score (nSPS) is 12.0. The number of methoxy groups -OCH3 is 1. The summed E-state index contributed by atoms with van der Waals surface area (Å²) >= 11 is 3.57. The van der Waals surface area contributed by atoms with Crippen LogP contribution >= 0.6 is 15.9 Å². The Labute approximate surface area is 155 Å². The zero-order chi connectivity index (χ0) is 17.6. The van der Waals surface area contributed by atoms with Crippen LogP contribution in [-0.2, 0) is 4.74 Å². The van der Waals surface area contributed by atoms with Crippen LogP contribution in [0.3, 0.4) is 0 Å². The molecule has 1 aromatic rings. The molecular formula is C20H31BrO3. The maximum atomic E-state index is 11.4. The Morgan fingerprint density at radius 3 is 2.04 bits per heavy atom. The topological polar surface area (TPSA) is 35.5 Å². The lowest BCUT2D eigenvalue weighted by atomic mass is 10.1. The highest BCUT2D eigenvalue weighted by molar-refractivity contribution is 9.09. The minimum absolute atomic E-state index is 0.0195. The first-order valence-electron chi connectivity index (χ1n) is 9.16. The van der Waals surface area contributed by atoms with Gasteiger partial charge in [0.2, 0.25) is 0 Å². The maximum Gasteiger partial charge on any atom is 0.337 e. The van der Waals surface area contributed by atoms with Gasteiger partial charge in [0.25, 0.3) is 0 Å². The molecule has 0 radical (unpaired) electrons. The molecule has 0 saturated carbocycles. The second kappa shape index (κ2) is 13.3. The lowest BCUT2D eigenvalue weighted by molar-refractivity contribution is 0.0600. The third-order valence-corrected chi connectivity index (χ3v) is 4.72. The fraction of sp³-hybridized carbons (Fsp3) is 0.650. The smallest absolute Gasteiger partial charge is 0.337 e. The molecule has 0 saturated heterocycles. The number of rotatable bonds is 13. The van der Waals surface area contributed by atoms with E-state index in [2.05, 4.69) is 27.6 Å². The van der Waals surface area contributed by atoms with Gasteiger partial charge in [0.15, 0.2) is 5.01 Å². The van der Waals surface area contributed by atoms with Crippen molar-refractivity contribution in [3.05, 3.63) is 29.8 Å². The first-order valence-corrected chi connectivity index (χ1v) is 10.1. The minimum atomic E-state index is -0.327. The third-order valence-electron chi connectivity index (χ3n) is 4.07. The summed E-state index contributed by atoms with van der Waals surface area (Å²) in [6.07, 6.45) is 13.0. The highest BCUT2D eigenvalue weighted by Crippen LogP contribution is 2.20. The van der Waals surface area contributed by atoms with Gasteiger partial charge in [0.1, 0.15) is 5.75 Å². The Morgan fingerprint density at radius 1 is 0.958 bits per heavy atom. The Hall–Kier alpha value is -1.03. The molecule has 0 aliphatic rings. The quantitative estimate of drug-likeness (QED) is 0.216. The van der Waals surface area contributed by atoms with Crippen molar-refractivity contribution in [2.45, 2.75) is 76.1 Å². The number of alkyl halides is 1. The molecule has 0 aliphatic heterocycles. The van der Waals surface area contributed by atoms with Crippen LogP contribution in [0.25, 0.3) is 0 Å². The molecule has 1 atom stereocenters. The largest absolute Gasteiger partial charge is 0.479 e. The van der Waals surface area contributed by atoms with E-state index < -0.39 is 0 Å². The molecule has 24 heavy (non-hydrogen) atoms. The number of carbonyl (C=O) groups is 1.